The van der Waals surface area contributed by atoms with Gasteiger partial charge in [-0.2, -0.15) is 0 Å². The lowest BCUT2D eigenvalue weighted by atomic mass is 10.0. The Labute approximate surface area is 182 Å². The quantitative estimate of drug-likeness (QED) is 0.247. The first kappa shape index (κ1) is 17.4. The lowest BCUT2D eigenvalue weighted by Gasteiger charge is -2.11. The molecule has 1 aromatic heterocycles. The molecule has 6 aromatic rings. The normalized spacial score (nSPS) is 11.5. The molecule has 0 spiro atoms. The van der Waals surface area contributed by atoms with Gasteiger partial charge in [0.05, 0.1) is 11.0 Å². The highest BCUT2D eigenvalue weighted by molar-refractivity contribution is 9.10. The average molecular weight is 449 g/mol. The van der Waals surface area contributed by atoms with Gasteiger partial charge in [-0.05, 0) is 29.0 Å². The maximum absolute atomic E-state index is 5.18. The number of hydrogen-bond donors (Lipinski definition) is 0. The molecule has 0 saturated carbocycles. The SMILES string of the molecule is Brc1cc2c(nc(-c3ccccc3)n2-c2ccccc2)c2ccc3ccccc3c12. The summed E-state index contributed by atoms with van der Waals surface area (Å²) in [6.07, 6.45) is 0. The number of para-hydroxylation sites is 1. The Bertz CT molecular complexity index is 1530. The van der Waals surface area contributed by atoms with Crippen molar-refractivity contribution in [2.24, 2.45) is 0 Å². The summed E-state index contributed by atoms with van der Waals surface area (Å²) in [6.45, 7) is 0. The van der Waals surface area contributed by atoms with Crippen molar-refractivity contribution >= 4 is 48.5 Å². The number of aromatic nitrogens is 2. The maximum Gasteiger partial charge on any atom is 0.145 e. The molecule has 0 N–H and O–H groups in total. The molecule has 0 aliphatic carbocycles. The molecule has 0 radical (unpaired) electrons. The third-order valence-corrected chi connectivity index (χ3v) is 6.27. The second-order valence-electron chi connectivity index (χ2n) is 7.41. The molecule has 3 heteroatoms. The van der Waals surface area contributed by atoms with Gasteiger partial charge >= 0.3 is 0 Å². The van der Waals surface area contributed by atoms with E-state index >= 15 is 0 Å². The molecule has 0 amide bonds. The molecule has 0 fully saturated rings. The molecule has 0 saturated heterocycles. The summed E-state index contributed by atoms with van der Waals surface area (Å²) in [5.74, 6) is 0.948. The summed E-state index contributed by atoms with van der Waals surface area (Å²) in [6, 6.07) is 35.9. The molecule has 5 aromatic carbocycles. The average Bonchev–Trinajstić information content (AvgIpc) is 3.19. The van der Waals surface area contributed by atoms with Crippen LogP contribution in [0.3, 0.4) is 0 Å². The number of benzene rings is 5. The predicted molar refractivity (Wildman–Crippen MR) is 129 cm³/mol. The van der Waals surface area contributed by atoms with Gasteiger partial charge in [0.1, 0.15) is 5.82 Å². The van der Waals surface area contributed by atoms with Crippen LogP contribution >= 0.6 is 15.9 Å². The lowest BCUT2D eigenvalue weighted by Crippen LogP contribution is -1.97. The fraction of sp³-hybridized carbons (Fsp3) is 0. The van der Waals surface area contributed by atoms with Crippen LogP contribution in [0, 0.1) is 0 Å². The van der Waals surface area contributed by atoms with Crippen LogP contribution in [0.15, 0.2) is 108 Å². The van der Waals surface area contributed by atoms with Gasteiger partial charge in [0.15, 0.2) is 0 Å². The van der Waals surface area contributed by atoms with Crippen LogP contribution in [0.5, 0.6) is 0 Å². The van der Waals surface area contributed by atoms with Crippen LogP contribution in [0.25, 0.3) is 49.7 Å². The number of halogens is 1. The number of hydrogen-bond acceptors (Lipinski definition) is 1. The summed E-state index contributed by atoms with van der Waals surface area (Å²) in [5, 5.41) is 4.83. The van der Waals surface area contributed by atoms with Gasteiger partial charge in [0, 0.05) is 26.5 Å². The molecule has 6 rings (SSSR count). The molecule has 0 aliphatic heterocycles. The van der Waals surface area contributed by atoms with Gasteiger partial charge in [0.2, 0.25) is 0 Å². The summed E-state index contributed by atoms with van der Waals surface area (Å²) >= 11 is 3.87. The predicted octanol–water partition coefficient (Wildman–Crippen LogP) is 7.76. The second kappa shape index (κ2) is 6.82. The molecule has 0 unspecified atom stereocenters. The highest BCUT2D eigenvalue weighted by Gasteiger charge is 2.18. The van der Waals surface area contributed by atoms with Crippen molar-refractivity contribution in [3.63, 3.8) is 0 Å². The van der Waals surface area contributed by atoms with Gasteiger partial charge in [0.25, 0.3) is 0 Å². The largest absolute Gasteiger partial charge is 0.292 e. The van der Waals surface area contributed by atoms with Gasteiger partial charge < -0.3 is 0 Å². The molecule has 30 heavy (non-hydrogen) atoms. The van der Waals surface area contributed by atoms with Crippen LogP contribution < -0.4 is 0 Å². The van der Waals surface area contributed by atoms with Crippen LogP contribution in [0.4, 0.5) is 0 Å². The van der Waals surface area contributed by atoms with E-state index in [1.807, 2.05) is 12.1 Å². The first-order valence-corrected chi connectivity index (χ1v) is 10.7. The van der Waals surface area contributed by atoms with E-state index in [2.05, 4.69) is 111 Å². The Morgan fingerprint density at radius 3 is 2.17 bits per heavy atom. The van der Waals surface area contributed by atoms with E-state index in [4.69, 9.17) is 4.98 Å². The first-order valence-electron chi connectivity index (χ1n) is 9.94. The van der Waals surface area contributed by atoms with Crippen LogP contribution in [-0.4, -0.2) is 9.55 Å². The van der Waals surface area contributed by atoms with Gasteiger partial charge in [-0.25, -0.2) is 4.98 Å². The Morgan fingerprint density at radius 1 is 0.667 bits per heavy atom. The number of rotatable bonds is 2. The summed E-state index contributed by atoms with van der Waals surface area (Å²) < 4.78 is 3.34. The molecule has 142 valence electrons. The summed E-state index contributed by atoms with van der Waals surface area (Å²) in [4.78, 5) is 5.18. The minimum atomic E-state index is 0.948. The van der Waals surface area contributed by atoms with Gasteiger partial charge in [-0.1, -0.05) is 101 Å². The molecule has 2 nitrogen and oxygen atoms in total. The van der Waals surface area contributed by atoms with Crippen molar-refractivity contribution in [1.29, 1.82) is 0 Å². The van der Waals surface area contributed by atoms with Crippen LogP contribution in [0.1, 0.15) is 0 Å². The monoisotopic (exact) mass is 448 g/mol. The topological polar surface area (TPSA) is 17.8 Å². The van der Waals surface area contributed by atoms with E-state index in [0.29, 0.717) is 0 Å². The van der Waals surface area contributed by atoms with E-state index in [9.17, 15) is 0 Å². The van der Waals surface area contributed by atoms with Gasteiger partial charge in [-0.3, -0.25) is 4.57 Å². The van der Waals surface area contributed by atoms with E-state index in [1.54, 1.807) is 0 Å². The molecule has 0 aliphatic rings. The lowest BCUT2D eigenvalue weighted by molar-refractivity contribution is 1.10. The zero-order valence-corrected chi connectivity index (χ0v) is 17.7. The first-order chi connectivity index (χ1) is 14.8. The number of nitrogens with zero attached hydrogens (tertiary/aromatic N) is 2. The standard InChI is InChI=1S/C27H17BrN2/c28-23-17-24-26(22-16-15-18-9-7-8-14-21(18)25(22)23)29-27(19-10-3-1-4-11-19)30(24)20-12-5-2-6-13-20/h1-17H. The van der Waals surface area contributed by atoms with E-state index < -0.39 is 0 Å². The minimum absolute atomic E-state index is 0.948. The molecule has 0 bridgehead atoms. The van der Waals surface area contributed by atoms with E-state index in [1.165, 1.54) is 16.2 Å². The van der Waals surface area contributed by atoms with E-state index in [0.717, 1.165) is 38.0 Å². The molecule has 1 heterocycles. The third kappa shape index (κ3) is 2.59. The van der Waals surface area contributed by atoms with Crippen LogP contribution in [0.2, 0.25) is 0 Å². The fourth-order valence-corrected chi connectivity index (χ4v) is 4.95. The third-order valence-electron chi connectivity index (χ3n) is 5.65. The molecule has 0 atom stereocenters. The maximum atomic E-state index is 5.18. The van der Waals surface area contributed by atoms with E-state index in [-0.39, 0.29) is 0 Å². The highest BCUT2D eigenvalue weighted by atomic mass is 79.9. The fourth-order valence-electron chi connectivity index (χ4n) is 4.30. The van der Waals surface area contributed by atoms with Crippen molar-refractivity contribution in [3.05, 3.63) is 108 Å². The number of imidazole rings is 1. The van der Waals surface area contributed by atoms with Crippen molar-refractivity contribution in [2.75, 3.05) is 0 Å². The Balaban J connectivity index is 1.80. The smallest absolute Gasteiger partial charge is 0.145 e. The van der Waals surface area contributed by atoms with Gasteiger partial charge in [-0.15, -0.1) is 0 Å². The molecular formula is C27H17BrN2. The number of fused-ring (bicyclic) bond motifs is 5. The van der Waals surface area contributed by atoms with Crippen LogP contribution in [-0.2, 0) is 0 Å². The highest BCUT2D eigenvalue weighted by Crippen LogP contribution is 2.39. The Hall–Kier alpha value is -3.43. The van der Waals surface area contributed by atoms with Crippen molar-refractivity contribution in [1.82, 2.24) is 9.55 Å². The summed E-state index contributed by atoms with van der Waals surface area (Å²) in [7, 11) is 0. The zero-order chi connectivity index (χ0) is 20.1. The second-order valence-corrected chi connectivity index (χ2v) is 8.26. The Kier molecular flexibility index (Phi) is 3.96. The van der Waals surface area contributed by atoms with Crippen molar-refractivity contribution in [3.8, 4) is 17.1 Å². The van der Waals surface area contributed by atoms with Crippen molar-refractivity contribution in [2.45, 2.75) is 0 Å². The zero-order valence-electron chi connectivity index (χ0n) is 16.1. The Morgan fingerprint density at radius 2 is 1.37 bits per heavy atom. The molecular weight excluding hydrogens is 432 g/mol. The summed E-state index contributed by atoms with van der Waals surface area (Å²) in [5.41, 5.74) is 4.31. The van der Waals surface area contributed by atoms with Crippen molar-refractivity contribution < 1.29 is 0 Å². The minimum Gasteiger partial charge on any atom is -0.292 e.